The maximum absolute atomic E-state index is 12.0. The van der Waals surface area contributed by atoms with Gasteiger partial charge in [0.15, 0.2) is 0 Å². The maximum Gasteiger partial charge on any atom is 0.234 e. The summed E-state index contributed by atoms with van der Waals surface area (Å²) < 4.78 is 0. The van der Waals surface area contributed by atoms with Gasteiger partial charge in [-0.25, -0.2) is 0 Å². The molecule has 21 heavy (non-hydrogen) atoms. The van der Waals surface area contributed by atoms with Crippen molar-refractivity contribution in [2.24, 2.45) is 11.7 Å². The van der Waals surface area contributed by atoms with Gasteiger partial charge in [0.25, 0.3) is 0 Å². The van der Waals surface area contributed by atoms with Crippen LogP contribution in [0.1, 0.15) is 30.9 Å². The number of rotatable bonds is 5. The molecular weight excluding hydrogens is 262 g/mol. The number of nitrogens with two attached hydrogens (primary N) is 1. The van der Waals surface area contributed by atoms with Gasteiger partial charge in [0.05, 0.1) is 6.54 Å². The molecule has 4 heteroatoms. The van der Waals surface area contributed by atoms with E-state index in [1.807, 2.05) is 0 Å². The van der Waals surface area contributed by atoms with Crippen molar-refractivity contribution in [2.45, 2.75) is 39.3 Å². The lowest BCUT2D eigenvalue weighted by Crippen LogP contribution is -2.44. The van der Waals surface area contributed by atoms with Crippen LogP contribution < -0.4 is 11.1 Å². The summed E-state index contributed by atoms with van der Waals surface area (Å²) in [6, 6.07) is 8.52. The van der Waals surface area contributed by atoms with Crippen molar-refractivity contribution in [1.29, 1.82) is 0 Å². The number of carbonyl (C=O) groups is 1. The van der Waals surface area contributed by atoms with Crippen molar-refractivity contribution in [1.82, 2.24) is 10.2 Å². The maximum atomic E-state index is 12.0. The van der Waals surface area contributed by atoms with E-state index >= 15 is 0 Å². The summed E-state index contributed by atoms with van der Waals surface area (Å²) in [6.07, 6.45) is 2.20. The van der Waals surface area contributed by atoms with Crippen LogP contribution >= 0.6 is 0 Å². The molecule has 1 saturated heterocycles. The molecule has 0 bridgehead atoms. The molecule has 1 aliphatic heterocycles. The third kappa shape index (κ3) is 5.14. The van der Waals surface area contributed by atoms with E-state index in [1.165, 1.54) is 5.56 Å². The van der Waals surface area contributed by atoms with E-state index in [2.05, 4.69) is 48.3 Å². The Hall–Kier alpha value is -1.39. The van der Waals surface area contributed by atoms with E-state index < -0.39 is 0 Å². The molecule has 0 saturated carbocycles. The van der Waals surface area contributed by atoms with Crippen molar-refractivity contribution in [2.75, 3.05) is 19.6 Å². The van der Waals surface area contributed by atoms with E-state index in [1.54, 1.807) is 0 Å². The second-order valence-corrected chi connectivity index (χ2v) is 6.24. The van der Waals surface area contributed by atoms with Gasteiger partial charge in [0.2, 0.25) is 5.91 Å². The van der Waals surface area contributed by atoms with Crippen molar-refractivity contribution in [3.8, 4) is 0 Å². The first-order valence-electron chi connectivity index (χ1n) is 7.85. The van der Waals surface area contributed by atoms with Gasteiger partial charge in [0, 0.05) is 12.6 Å². The highest BCUT2D eigenvalue weighted by atomic mass is 16.2. The Labute approximate surface area is 127 Å². The first-order chi connectivity index (χ1) is 10.0. The molecule has 1 aromatic carbocycles. The number of piperidine rings is 1. The number of nitrogens with one attached hydrogen (secondary N) is 1. The molecule has 1 heterocycles. The molecule has 3 N–H and O–H groups in total. The Morgan fingerprint density at radius 2 is 1.95 bits per heavy atom. The summed E-state index contributed by atoms with van der Waals surface area (Å²) >= 11 is 0. The van der Waals surface area contributed by atoms with Gasteiger partial charge >= 0.3 is 0 Å². The van der Waals surface area contributed by atoms with Crippen LogP contribution in [0.4, 0.5) is 0 Å². The summed E-state index contributed by atoms with van der Waals surface area (Å²) in [4.78, 5) is 14.2. The predicted molar refractivity (Wildman–Crippen MR) is 85.8 cm³/mol. The zero-order valence-corrected chi connectivity index (χ0v) is 13.1. The molecule has 4 nitrogen and oxygen atoms in total. The van der Waals surface area contributed by atoms with E-state index in [-0.39, 0.29) is 11.9 Å². The van der Waals surface area contributed by atoms with Crippen molar-refractivity contribution < 1.29 is 4.79 Å². The molecule has 1 atom stereocenters. The normalized spacial score (nSPS) is 18.4. The number of carbonyl (C=O) groups excluding carboxylic acids is 1. The lowest BCUT2D eigenvalue weighted by atomic mass is 9.91. The van der Waals surface area contributed by atoms with Crippen LogP contribution in [-0.4, -0.2) is 36.5 Å². The molecule has 1 aliphatic rings. The van der Waals surface area contributed by atoms with Crippen molar-refractivity contribution in [3.05, 3.63) is 35.4 Å². The quantitative estimate of drug-likeness (QED) is 0.867. The summed E-state index contributed by atoms with van der Waals surface area (Å²) in [7, 11) is 0. The lowest BCUT2D eigenvalue weighted by molar-refractivity contribution is -0.122. The smallest absolute Gasteiger partial charge is 0.234 e. The third-order valence-electron chi connectivity index (χ3n) is 4.35. The number of benzene rings is 1. The second-order valence-electron chi connectivity index (χ2n) is 6.24. The van der Waals surface area contributed by atoms with E-state index in [0.29, 0.717) is 19.0 Å². The first kappa shape index (κ1) is 16.0. The molecule has 0 aliphatic carbocycles. The van der Waals surface area contributed by atoms with Crippen LogP contribution in [0.2, 0.25) is 0 Å². The van der Waals surface area contributed by atoms with E-state index in [0.717, 1.165) is 31.5 Å². The highest BCUT2D eigenvalue weighted by molar-refractivity contribution is 5.78. The Morgan fingerprint density at radius 1 is 1.33 bits per heavy atom. The Morgan fingerprint density at radius 3 is 2.52 bits per heavy atom. The molecule has 2 rings (SSSR count). The standard InChI is InChI=1S/C17H27N3O/c1-13-3-5-15(6-4-13)11-19-17(21)12-20-9-7-16(8-10-20)14(2)18/h3-6,14,16H,7-12,18H2,1-2H3,(H,19,21). The monoisotopic (exact) mass is 289 g/mol. The summed E-state index contributed by atoms with van der Waals surface area (Å²) in [5.74, 6) is 0.715. The Bertz CT molecular complexity index is 448. The lowest BCUT2D eigenvalue weighted by Gasteiger charge is -2.33. The van der Waals surface area contributed by atoms with Gasteiger partial charge in [-0.3, -0.25) is 9.69 Å². The molecule has 1 aromatic rings. The van der Waals surface area contributed by atoms with Gasteiger partial charge in [-0.05, 0) is 51.3 Å². The molecule has 0 spiro atoms. The van der Waals surface area contributed by atoms with Crippen LogP contribution in [0.3, 0.4) is 0 Å². The zero-order chi connectivity index (χ0) is 15.2. The first-order valence-corrected chi connectivity index (χ1v) is 7.85. The Balaban J connectivity index is 1.69. The zero-order valence-electron chi connectivity index (χ0n) is 13.1. The number of aryl methyl sites for hydroxylation is 1. The number of hydrogen-bond donors (Lipinski definition) is 2. The summed E-state index contributed by atoms with van der Waals surface area (Å²) in [5, 5.41) is 2.99. The molecule has 1 amide bonds. The molecule has 1 unspecified atom stereocenters. The summed E-state index contributed by atoms with van der Waals surface area (Å²) in [6.45, 7) is 7.20. The third-order valence-corrected chi connectivity index (χ3v) is 4.35. The largest absolute Gasteiger partial charge is 0.351 e. The average molecular weight is 289 g/mol. The van der Waals surface area contributed by atoms with E-state index in [9.17, 15) is 4.79 Å². The number of hydrogen-bond acceptors (Lipinski definition) is 3. The van der Waals surface area contributed by atoms with Crippen LogP contribution in [0.25, 0.3) is 0 Å². The van der Waals surface area contributed by atoms with Crippen LogP contribution in [0.5, 0.6) is 0 Å². The van der Waals surface area contributed by atoms with Crippen LogP contribution in [-0.2, 0) is 11.3 Å². The number of likely N-dealkylation sites (tertiary alicyclic amines) is 1. The minimum Gasteiger partial charge on any atom is -0.351 e. The van der Waals surface area contributed by atoms with Crippen LogP contribution in [0.15, 0.2) is 24.3 Å². The average Bonchev–Trinajstić information content (AvgIpc) is 2.47. The fourth-order valence-corrected chi connectivity index (χ4v) is 2.80. The second kappa shape index (κ2) is 7.57. The molecule has 1 fully saturated rings. The highest BCUT2D eigenvalue weighted by Gasteiger charge is 2.22. The fourth-order valence-electron chi connectivity index (χ4n) is 2.80. The molecular formula is C17H27N3O. The van der Waals surface area contributed by atoms with Crippen molar-refractivity contribution >= 4 is 5.91 Å². The van der Waals surface area contributed by atoms with Gasteiger partial charge in [-0.2, -0.15) is 0 Å². The van der Waals surface area contributed by atoms with Crippen molar-refractivity contribution in [3.63, 3.8) is 0 Å². The fraction of sp³-hybridized carbons (Fsp3) is 0.588. The molecule has 0 aromatic heterocycles. The van der Waals surface area contributed by atoms with Gasteiger partial charge < -0.3 is 11.1 Å². The SMILES string of the molecule is Cc1ccc(CNC(=O)CN2CCC(C(C)N)CC2)cc1. The minimum atomic E-state index is 0.106. The predicted octanol–water partition coefficient (Wildman–Crippen LogP) is 1.67. The van der Waals surface area contributed by atoms with Gasteiger partial charge in [-0.15, -0.1) is 0 Å². The highest BCUT2D eigenvalue weighted by Crippen LogP contribution is 2.19. The molecule has 116 valence electrons. The number of nitrogens with zero attached hydrogens (tertiary/aromatic N) is 1. The van der Waals surface area contributed by atoms with Crippen LogP contribution in [0, 0.1) is 12.8 Å². The topological polar surface area (TPSA) is 58.4 Å². The minimum absolute atomic E-state index is 0.106. The summed E-state index contributed by atoms with van der Waals surface area (Å²) in [5.41, 5.74) is 8.32. The number of amides is 1. The van der Waals surface area contributed by atoms with E-state index in [4.69, 9.17) is 5.73 Å². The Kier molecular flexibility index (Phi) is 5.76. The molecule has 0 radical (unpaired) electrons. The van der Waals surface area contributed by atoms with Gasteiger partial charge in [0.1, 0.15) is 0 Å². The van der Waals surface area contributed by atoms with Gasteiger partial charge in [-0.1, -0.05) is 29.8 Å².